The SMILES string of the molecule is CCc1c(C(=O)N(C)c2ccc(OC)nc2)nnn1-c1ccc(OC(C)C)cc1. The molecule has 0 saturated carbocycles. The molecule has 1 aromatic carbocycles. The van der Waals surface area contributed by atoms with Gasteiger partial charge in [-0.25, -0.2) is 9.67 Å². The van der Waals surface area contributed by atoms with E-state index in [0.29, 0.717) is 23.7 Å². The van der Waals surface area contributed by atoms with E-state index in [9.17, 15) is 4.79 Å². The van der Waals surface area contributed by atoms with Crippen LogP contribution in [0, 0.1) is 0 Å². The predicted octanol–water partition coefficient (Wildman–Crippen LogP) is 3.30. The van der Waals surface area contributed by atoms with E-state index in [1.54, 1.807) is 37.2 Å². The van der Waals surface area contributed by atoms with Crippen LogP contribution in [0.15, 0.2) is 42.6 Å². The first kappa shape index (κ1) is 20.3. The Morgan fingerprint density at radius 1 is 1.17 bits per heavy atom. The third kappa shape index (κ3) is 4.37. The van der Waals surface area contributed by atoms with E-state index in [-0.39, 0.29) is 12.0 Å². The lowest BCUT2D eigenvalue weighted by Gasteiger charge is -2.16. The summed E-state index contributed by atoms with van der Waals surface area (Å²) in [6, 6.07) is 11.0. The lowest BCUT2D eigenvalue weighted by molar-refractivity contribution is 0.0987. The monoisotopic (exact) mass is 395 g/mol. The standard InChI is InChI=1S/C21H25N5O3/c1-6-18-20(21(27)25(4)16-9-12-19(28-5)22-13-16)23-24-26(18)15-7-10-17(11-8-15)29-14(2)3/h7-14H,6H2,1-5H3. The number of hydrogen-bond acceptors (Lipinski definition) is 6. The van der Waals surface area contributed by atoms with Crippen molar-refractivity contribution in [2.45, 2.75) is 33.3 Å². The molecule has 152 valence electrons. The number of carbonyl (C=O) groups is 1. The summed E-state index contributed by atoms with van der Waals surface area (Å²) in [5.41, 5.74) is 2.51. The van der Waals surface area contributed by atoms with Gasteiger partial charge in [-0.1, -0.05) is 12.1 Å². The van der Waals surface area contributed by atoms with Crippen LogP contribution in [0.4, 0.5) is 5.69 Å². The van der Waals surface area contributed by atoms with Crippen molar-refractivity contribution in [3.63, 3.8) is 0 Å². The molecule has 0 aliphatic carbocycles. The maximum Gasteiger partial charge on any atom is 0.280 e. The molecule has 0 aliphatic heterocycles. The zero-order valence-corrected chi connectivity index (χ0v) is 17.3. The fraction of sp³-hybridized carbons (Fsp3) is 0.333. The van der Waals surface area contributed by atoms with Crippen molar-refractivity contribution >= 4 is 11.6 Å². The minimum atomic E-state index is -0.250. The Kier molecular flexibility index (Phi) is 6.11. The molecule has 2 aromatic heterocycles. The maximum atomic E-state index is 13.0. The van der Waals surface area contributed by atoms with Gasteiger partial charge in [0.25, 0.3) is 5.91 Å². The van der Waals surface area contributed by atoms with Crippen LogP contribution >= 0.6 is 0 Å². The van der Waals surface area contributed by atoms with Gasteiger partial charge in [0.2, 0.25) is 5.88 Å². The van der Waals surface area contributed by atoms with E-state index in [1.165, 1.54) is 4.90 Å². The Balaban J connectivity index is 1.87. The van der Waals surface area contributed by atoms with Gasteiger partial charge in [0.15, 0.2) is 5.69 Å². The first-order valence-electron chi connectivity index (χ1n) is 9.44. The lowest BCUT2D eigenvalue weighted by Crippen LogP contribution is -2.27. The van der Waals surface area contributed by atoms with E-state index in [4.69, 9.17) is 9.47 Å². The van der Waals surface area contributed by atoms with Gasteiger partial charge in [-0.05, 0) is 50.6 Å². The first-order valence-corrected chi connectivity index (χ1v) is 9.44. The summed E-state index contributed by atoms with van der Waals surface area (Å²) in [7, 11) is 3.23. The topological polar surface area (TPSA) is 82.4 Å². The third-order valence-electron chi connectivity index (χ3n) is 4.38. The summed E-state index contributed by atoms with van der Waals surface area (Å²) in [6.07, 6.45) is 2.29. The van der Waals surface area contributed by atoms with Crippen LogP contribution in [-0.4, -0.2) is 46.1 Å². The van der Waals surface area contributed by atoms with Crippen LogP contribution in [0.1, 0.15) is 37.0 Å². The van der Waals surface area contributed by atoms with Crippen LogP contribution in [0.25, 0.3) is 5.69 Å². The molecule has 8 heteroatoms. The smallest absolute Gasteiger partial charge is 0.280 e. The van der Waals surface area contributed by atoms with Crippen molar-refractivity contribution < 1.29 is 14.3 Å². The molecular weight excluding hydrogens is 370 g/mol. The van der Waals surface area contributed by atoms with Crippen molar-refractivity contribution in [3.05, 3.63) is 54.0 Å². The zero-order valence-electron chi connectivity index (χ0n) is 17.3. The Morgan fingerprint density at radius 2 is 1.90 bits per heavy atom. The highest BCUT2D eigenvalue weighted by atomic mass is 16.5. The third-order valence-corrected chi connectivity index (χ3v) is 4.38. The number of aromatic nitrogens is 4. The molecular formula is C21H25N5O3. The Morgan fingerprint density at radius 3 is 2.45 bits per heavy atom. The summed E-state index contributed by atoms with van der Waals surface area (Å²) >= 11 is 0. The summed E-state index contributed by atoms with van der Waals surface area (Å²) < 4.78 is 12.4. The minimum absolute atomic E-state index is 0.102. The zero-order chi connectivity index (χ0) is 21.0. The van der Waals surface area contributed by atoms with Crippen LogP contribution in [0.5, 0.6) is 11.6 Å². The fourth-order valence-electron chi connectivity index (χ4n) is 2.90. The highest BCUT2D eigenvalue weighted by molar-refractivity contribution is 6.05. The van der Waals surface area contributed by atoms with Crippen molar-refractivity contribution in [3.8, 4) is 17.3 Å². The van der Waals surface area contributed by atoms with Gasteiger partial charge in [-0.3, -0.25) is 4.79 Å². The quantitative estimate of drug-likeness (QED) is 0.610. The summed E-state index contributed by atoms with van der Waals surface area (Å²) in [5, 5.41) is 8.37. The molecule has 0 fully saturated rings. The molecule has 3 rings (SSSR count). The summed E-state index contributed by atoms with van der Waals surface area (Å²) in [6.45, 7) is 5.93. The lowest BCUT2D eigenvalue weighted by atomic mass is 10.2. The number of methoxy groups -OCH3 is 1. The molecule has 2 heterocycles. The van der Waals surface area contributed by atoms with Gasteiger partial charge < -0.3 is 14.4 Å². The largest absolute Gasteiger partial charge is 0.491 e. The maximum absolute atomic E-state index is 13.0. The number of benzene rings is 1. The number of amides is 1. The Hall–Kier alpha value is -3.42. The molecule has 29 heavy (non-hydrogen) atoms. The number of nitrogens with zero attached hydrogens (tertiary/aromatic N) is 5. The molecule has 8 nitrogen and oxygen atoms in total. The Bertz CT molecular complexity index is 965. The van der Waals surface area contributed by atoms with Crippen LogP contribution in [-0.2, 0) is 6.42 Å². The molecule has 0 aliphatic rings. The highest BCUT2D eigenvalue weighted by Crippen LogP contribution is 2.21. The molecule has 0 spiro atoms. The van der Waals surface area contributed by atoms with E-state index in [0.717, 1.165) is 17.1 Å². The van der Waals surface area contributed by atoms with E-state index in [2.05, 4.69) is 15.3 Å². The molecule has 0 radical (unpaired) electrons. The second kappa shape index (κ2) is 8.72. The van der Waals surface area contributed by atoms with Crippen molar-refractivity contribution in [1.82, 2.24) is 20.0 Å². The van der Waals surface area contributed by atoms with Gasteiger partial charge >= 0.3 is 0 Å². The van der Waals surface area contributed by atoms with Gasteiger partial charge in [0.1, 0.15) is 5.75 Å². The molecule has 0 bridgehead atoms. The second-order valence-electron chi connectivity index (χ2n) is 6.73. The molecule has 3 aromatic rings. The molecule has 0 unspecified atom stereocenters. The average molecular weight is 395 g/mol. The van der Waals surface area contributed by atoms with Gasteiger partial charge in [0, 0.05) is 13.1 Å². The van der Waals surface area contributed by atoms with Crippen molar-refractivity contribution in [2.75, 3.05) is 19.1 Å². The second-order valence-corrected chi connectivity index (χ2v) is 6.73. The summed E-state index contributed by atoms with van der Waals surface area (Å²) in [5.74, 6) is 1.02. The van der Waals surface area contributed by atoms with Gasteiger partial charge in [0.05, 0.1) is 36.5 Å². The summed E-state index contributed by atoms with van der Waals surface area (Å²) in [4.78, 5) is 18.7. The number of ether oxygens (including phenoxy) is 2. The number of hydrogen-bond donors (Lipinski definition) is 0. The van der Waals surface area contributed by atoms with E-state index in [1.807, 2.05) is 45.0 Å². The molecule has 1 amide bonds. The fourth-order valence-corrected chi connectivity index (χ4v) is 2.90. The van der Waals surface area contributed by atoms with Crippen molar-refractivity contribution in [1.29, 1.82) is 0 Å². The molecule has 0 saturated heterocycles. The molecule has 0 N–H and O–H groups in total. The number of rotatable bonds is 7. The van der Waals surface area contributed by atoms with Gasteiger partial charge in [-0.2, -0.15) is 0 Å². The van der Waals surface area contributed by atoms with Crippen LogP contribution < -0.4 is 14.4 Å². The van der Waals surface area contributed by atoms with E-state index >= 15 is 0 Å². The van der Waals surface area contributed by atoms with Crippen LogP contribution in [0.2, 0.25) is 0 Å². The van der Waals surface area contributed by atoms with E-state index < -0.39 is 0 Å². The first-order chi connectivity index (χ1) is 13.9. The predicted molar refractivity (Wildman–Crippen MR) is 110 cm³/mol. The number of carbonyl (C=O) groups excluding carboxylic acids is 1. The van der Waals surface area contributed by atoms with Crippen LogP contribution in [0.3, 0.4) is 0 Å². The number of pyridine rings is 1. The van der Waals surface area contributed by atoms with Crippen molar-refractivity contribution in [2.24, 2.45) is 0 Å². The molecule has 0 atom stereocenters. The average Bonchev–Trinajstić information content (AvgIpc) is 3.17. The van der Waals surface area contributed by atoms with Gasteiger partial charge in [-0.15, -0.1) is 5.10 Å². The Labute approximate surface area is 170 Å². The number of anilines is 1. The highest BCUT2D eigenvalue weighted by Gasteiger charge is 2.23. The minimum Gasteiger partial charge on any atom is -0.491 e. The normalized spacial score (nSPS) is 10.8.